The highest BCUT2D eigenvalue weighted by Crippen LogP contribution is 2.31. The van der Waals surface area contributed by atoms with Gasteiger partial charge in [-0.3, -0.25) is 10.1 Å². The van der Waals surface area contributed by atoms with E-state index in [0.29, 0.717) is 23.1 Å². The van der Waals surface area contributed by atoms with Gasteiger partial charge in [-0.15, -0.1) is 0 Å². The second kappa shape index (κ2) is 7.47. The van der Waals surface area contributed by atoms with Gasteiger partial charge < -0.3 is 15.8 Å². The van der Waals surface area contributed by atoms with Crippen LogP contribution >= 0.6 is 0 Å². The van der Waals surface area contributed by atoms with Crippen LogP contribution < -0.4 is 11.1 Å². The van der Waals surface area contributed by atoms with Gasteiger partial charge in [0.15, 0.2) is 0 Å². The number of nitrogens with two attached hydrogens (primary N) is 1. The average Bonchev–Trinajstić information content (AvgIpc) is 2.65. The van der Waals surface area contributed by atoms with Gasteiger partial charge in [0.25, 0.3) is 0 Å². The van der Waals surface area contributed by atoms with Gasteiger partial charge in [0.05, 0.1) is 10.4 Å². The first-order chi connectivity index (χ1) is 12.5. The zero-order chi connectivity index (χ0) is 18.5. The molecule has 0 spiro atoms. The molecule has 8 nitrogen and oxygen atoms in total. The number of para-hydroxylation sites is 1. The van der Waals surface area contributed by atoms with E-state index in [1.165, 1.54) is 6.20 Å². The third-order valence-electron chi connectivity index (χ3n) is 3.83. The Morgan fingerprint density at radius 1 is 1.15 bits per heavy atom. The number of rotatable bonds is 6. The van der Waals surface area contributed by atoms with E-state index < -0.39 is 11.0 Å². The number of primary amides is 1. The highest BCUT2D eigenvalue weighted by molar-refractivity contribution is 5.95. The quantitative estimate of drug-likeness (QED) is 0.518. The van der Waals surface area contributed by atoms with E-state index in [1.807, 2.05) is 24.3 Å². The SMILES string of the molecule is NC(=O)OCc1ccc(CNc2c([N+](=O)[O-])cnc3ccccc23)cc1. The Morgan fingerprint density at radius 2 is 1.85 bits per heavy atom. The molecule has 132 valence electrons. The summed E-state index contributed by atoms with van der Waals surface area (Å²) in [4.78, 5) is 25.6. The van der Waals surface area contributed by atoms with E-state index in [2.05, 4.69) is 10.3 Å². The van der Waals surface area contributed by atoms with Crippen LogP contribution in [0.3, 0.4) is 0 Å². The Kier molecular flexibility index (Phi) is 4.93. The lowest BCUT2D eigenvalue weighted by atomic mass is 10.1. The molecule has 0 aliphatic heterocycles. The van der Waals surface area contributed by atoms with Crippen molar-refractivity contribution < 1.29 is 14.5 Å². The fraction of sp³-hybridized carbons (Fsp3) is 0.111. The first-order valence-corrected chi connectivity index (χ1v) is 7.80. The van der Waals surface area contributed by atoms with Crippen LogP contribution in [-0.2, 0) is 17.9 Å². The monoisotopic (exact) mass is 352 g/mol. The van der Waals surface area contributed by atoms with Gasteiger partial charge in [0, 0.05) is 11.9 Å². The molecule has 1 amide bonds. The van der Waals surface area contributed by atoms with Crippen molar-refractivity contribution in [1.29, 1.82) is 0 Å². The van der Waals surface area contributed by atoms with E-state index in [9.17, 15) is 14.9 Å². The van der Waals surface area contributed by atoms with Crippen molar-refractivity contribution in [1.82, 2.24) is 4.98 Å². The number of ether oxygens (including phenoxy) is 1. The first kappa shape index (κ1) is 17.2. The average molecular weight is 352 g/mol. The smallest absolute Gasteiger partial charge is 0.404 e. The maximum Gasteiger partial charge on any atom is 0.404 e. The lowest BCUT2D eigenvalue weighted by molar-refractivity contribution is -0.384. The molecule has 0 unspecified atom stereocenters. The molecular weight excluding hydrogens is 336 g/mol. The van der Waals surface area contributed by atoms with Crippen LogP contribution in [0.4, 0.5) is 16.2 Å². The second-order valence-corrected chi connectivity index (χ2v) is 5.57. The van der Waals surface area contributed by atoms with Crippen LogP contribution in [0.5, 0.6) is 0 Å². The number of hydrogen-bond donors (Lipinski definition) is 2. The number of anilines is 1. The standard InChI is InChI=1S/C18H16N4O4/c19-18(23)26-11-13-7-5-12(6-8-13)9-21-17-14-3-1-2-4-15(14)20-10-16(17)22(24)25/h1-8,10H,9,11H2,(H2,19,23)(H,20,21). The number of nitrogens with zero attached hydrogens (tertiary/aromatic N) is 2. The van der Waals surface area contributed by atoms with E-state index in [4.69, 9.17) is 10.5 Å². The molecular formula is C18H16N4O4. The van der Waals surface area contributed by atoms with Crippen LogP contribution in [-0.4, -0.2) is 16.0 Å². The van der Waals surface area contributed by atoms with Crippen molar-refractivity contribution in [2.45, 2.75) is 13.2 Å². The molecule has 2 aromatic carbocycles. The van der Waals surface area contributed by atoms with Crippen LogP contribution in [0.25, 0.3) is 10.9 Å². The van der Waals surface area contributed by atoms with Crippen molar-refractivity contribution in [3.05, 3.63) is 76.0 Å². The Bertz CT molecular complexity index is 957. The molecule has 0 aliphatic rings. The predicted molar refractivity (Wildman–Crippen MR) is 96.5 cm³/mol. The molecule has 8 heteroatoms. The van der Waals surface area contributed by atoms with Gasteiger partial charge >= 0.3 is 11.8 Å². The van der Waals surface area contributed by atoms with Gasteiger partial charge in [-0.05, 0) is 17.2 Å². The van der Waals surface area contributed by atoms with E-state index >= 15 is 0 Å². The summed E-state index contributed by atoms with van der Waals surface area (Å²) in [5.41, 5.74) is 7.69. The summed E-state index contributed by atoms with van der Waals surface area (Å²) in [6, 6.07) is 14.5. The van der Waals surface area contributed by atoms with Crippen LogP contribution in [0, 0.1) is 10.1 Å². The lowest BCUT2D eigenvalue weighted by Gasteiger charge is -2.10. The molecule has 26 heavy (non-hydrogen) atoms. The largest absolute Gasteiger partial charge is 0.445 e. The van der Waals surface area contributed by atoms with Crippen molar-refractivity contribution in [2.75, 3.05) is 5.32 Å². The fourth-order valence-electron chi connectivity index (χ4n) is 2.55. The summed E-state index contributed by atoms with van der Waals surface area (Å²) in [6.07, 6.45) is 0.433. The summed E-state index contributed by atoms with van der Waals surface area (Å²) in [5, 5.41) is 15.1. The molecule has 0 bridgehead atoms. The highest BCUT2D eigenvalue weighted by Gasteiger charge is 2.17. The maximum absolute atomic E-state index is 11.3. The summed E-state index contributed by atoms with van der Waals surface area (Å²) in [6.45, 7) is 0.495. The third kappa shape index (κ3) is 3.86. The molecule has 0 radical (unpaired) electrons. The van der Waals surface area contributed by atoms with Crippen LogP contribution in [0.1, 0.15) is 11.1 Å². The number of carbonyl (C=O) groups excluding carboxylic acids is 1. The number of fused-ring (bicyclic) bond motifs is 1. The normalized spacial score (nSPS) is 10.5. The molecule has 0 atom stereocenters. The van der Waals surface area contributed by atoms with Crippen molar-refractivity contribution in [3.8, 4) is 0 Å². The molecule has 1 aromatic heterocycles. The summed E-state index contributed by atoms with van der Waals surface area (Å²) < 4.78 is 4.73. The Hall–Kier alpha value is -3.68. The van der Waals surface area contributed by atoms with Gasteiger partial charge in [-0.2, -0.15) is 0 Å². The molecule has 0 saturated carbocycles. The zero-order valence-corrected chi connectivity index (χ0v) is 13.7. The zero-order valence-electron chi connectivity index (χ0n) is 13.7. The molecule has 0 saturated heterocycles. The number of nitrogens with one attached hydrogen (secondary N) is 1. The number of nitro groups is 1. The minimum Gasteiger partial charge on any atom is -0.445 e. The minimum atomic E-state index is -0.826. The molecule has 3 N–H and O–H groups in total. The van der Waals surface area contributed by atoms with Gasteiger partial charge in [-0.25, -0.2) is 9.78 Å². The fourth-order valence-corrected chi connectivity index (χ4v) is 2.55. The molecule has 0 aliphatic carbocycles. The van der Waals surface area contributed by atoms with E-state index in [0.717, 1.165) is 11.1 Å². The highest BCUT2D eigenvalue weighted by atomic mass is 16.6. The Balaban J connectivity index is 1.80. The molecule has 3 rings (SSSR count). The van der Waals surface area contributed by atoms with Crippen molar-refractivity contribution >= 4 is 28.4 Å². The van der Waals surface area contributed by atoms with Crippen molar-refractivity contribution in [3.63, 3.8) is 0 Å². The van der Waals surface area contributed by atoms with Gasteiger partial charge in [-0.1, -0.05) is 42.5 Å². The number of hydrogen-bond acceptors (Lipinski definition) is 6. The topological polar surface area (TPSA) is 120 Å². The number of amides is 1. The minimum absolute atomic E-state index is 0.0739. The third-order valence-corrected chi connectivity index (χ3v) is 3.83. The molecule has 1 heterocycles. The Labute approximate surface area is 148 Å². The summed E-state index contributed by atoms with van der Waals surface area (Å²) in [5.74, 6) is 0. The van der Waals surface area contributed by atoms with Crippen LogP contribution in [0.2, 0.25) is 0 Å². The number of benzene rings is 2. The number of pyridine rings is 1. The predicted octanol–water partition coefficient (Wildman–Crippen LogP) is 3.35. The Morgan fingerprint density at radius 3 is 2.54 bits per heavy atom. The van der Waals surface area contributed by atoms with Crippen LogP contribution in [0.15, 0.2) is 54.7 Å². The van der Waals surface area contributed by atoms with E-state index in [1.54, 1.807) is 24.3 Å². The van der Waals surface area contributed by atoms with Gasteiger partial charge in [0.2, 0.25) is 0 Å². The molecule has 0 fully saturated rings. The number of aromatic nitrogens is 1. The van der Waals surface area contributed by atoms with Gasteiger partial charge in [0.1, 0.15) is 18.5 Å². The summed E-state index contributed by atoms with van der Waals surface area (Å²) in [7, 11) is 0. The second-order valence-electron chi connectivity index (χ2n) is 5.57. The first-order valence-electron chi connectivity index (χ1n) is 7.80. The maximum atomic E-state index is 11.3. The number of carbonyl (C=O) groups is 1. The lowest BCUT2D eigenvalue weighted by Crippen LogP contribution is -2.12. The summed E-state index contributed by atoms with van der Waals surface area (Å²) >= 11 is 0. The van der Waals surface area contributed by atoms with Crippen molar-refractivity contribution in [2.24, 2.45) is 5.73 Å². The van der Waals surface area contributed by atoms with E-state index in [-0.39, 0.29) is 12.3 Å². The molecule has 3 aromatic rings.